The van der Waals surface area contributed by atoms with E-state index in [0.717, 1.165) is 91.1 Å². The highest BCUT2D eigenvalue weighted by atomic mass is 35.5. The zero-order valence-corrected chi connectivity index (χ0v) is 45.9. The molecule has 78 heavy (non-hydrogen) atoms. The monoisotopic (exact) mass is 1080 g/mol. The third-order valence-electron chi connectivity index (χ3n) is 13.3. The van der Waals surface area contributed by atoms with Gasteiger partial charge in [-0.1, -0.05) is 71.7 Å². The second kappa shape index (κ2) is 27.0. The van der Waals surface area contributed by atoms with Crippen molar-refractivity contribution in [2.75, 3.05) is 28.4 Å². The number of aryl methyl sites for hydroxylation is 2. The standard InChI is InChI=1S/C63H59Cl2N5O8/c1-40-48(38-77-62-27-60(75-37-44-22-51(67-3)35-69-32-44)46(23-56(62)64)12-8-11-45-17-19-52(71-4)25-58(45)73-6)13-9-15-54(40)55-16-10-14-49(41(55)2)39-78-63-28-61(76-36-43-21-42(29-66)30-68-31-43)50(24-57(63)65)34-70-33-47-18-20-53(72-5)26-59(47)74-7/h9-10,13-28,30-32,35,70H,8,11-12,33-34,36-39H2,1-2,4-7H3. The fraction of sp³-hybridized carbons (Fsp3) is 0.238. The van der Waals surface area contributed by atoms with E-state index >= 15 is 0 Å². The summed E-state index contributed by atoms with van der Waals surface area (Å²) in [5.41, 5.74) is 12.3. The van der Waals surface area contributed by atoms with Crippen molar-refractivity contribution in [3.8, 4) is 63.2 Å². The molecule has 2 heterocycles. The van der Waals surface area contributed by atoms with Gasteiger partial charge >= 0.3 is 0 Å². The lowest BCUT2D eigenvalue weighted by molar-refractivity contribution is 0.286. The number of hydrogen-bond acceptors (Lipinski definition) is 12. The van der Waals surface area contributed by atoms with Gasteiger partial charge in [-0.3, -0.25) is 9.97 Å². The van der Waals surface area contributed by atoms with Gasteiger partial charge < -0.3 is 43.2 Å². The summed E-state index contributed by atoms with van der Waals surface area (Å²) in [6, 6.07) is 37.0. The molecule has 8 aromatic rings. The van der Waals surface area contributed by atoms with Gasteiger partial charge in [0.05, 0.1) is 50.6 Å². The number of halogens is 2. The van der Waals surface area contributed by atoms with Crippen molar-refractivity contribution in [2.24, 2.45) is 0 Å². The number of nitrogens with one attached hydrogen (secondary N) is 1. The molecule has 15 heteroatoms. The van der Waals surface area contributed by atoms with Crippen molar-refractivity contribution >= 4 is 28.9 Å². The lowest BCUT2D eigenvalue weighted by Gasteiger charge is -2.19. The van der Waals surface area contributed by atoms with Gasteiger partial charge in [0.1, 0.15) is 78.5 Å². The summed E-state index contributed by atoms with van der Waals surface area (Å²) in [5, 5.41) is 13.9. The Morgan fingerprint density at radius 3 is 1.60 bits per heavy atom. The molecule has 2 aromatic heterocycles. The molecular weight excluding hydrogens is 1030 g/mol. The average molecular weight is 1090 g/mol. The van der Waals surface area contributed by atoms with Gasteiger partial charge in [-0.05, 0) is 120 Å². The van der Waals surface area contributed by atoms with Crippen LogP contribution in [0.3, 0.4) is 0 Å². The van der Waals surface area contributed by atoms with Gasteiger partial charge in [-0.2, -0.15) is 5.26 Å². The third kappa shape index (κ3) is 14.1. The van der Waals surface area contributed by atoms with Crippen molar-refractivity contribution in [3.05, 3.63) is 217 Å². The molecular formula is C63H59Cl2N5O8. The van der Waals surface area contributed by atoms with E-state index in [9.17, 15) is 5.26 Å². The summed E-state index contributed by atoms with van der Waals surface area (Å²) < 4.78 is 47.9. The molecule has 0 atom stereocenters. The lowest BCUT2D eigenvalue weighted by Crippen LogP contribution is -2.14. The molecule has 0 saturated carbocycles. The van der Waals surface area contributed by atoms with Crippen LogP contribution in [0.4, 0.5) is 5.69 Å². The highest BCUT2D eigenvalue weighted by Crippen LogP contribution is 2.39. The maximum atomic E-state index is 9.48. The fourth-order valence-electron chi connectivity index (χ4n) is 8.97. The minimum atomic E-state index is 0.171. The van der Waals surface area contributed by atoms with E-state index in [-0.39, 0.29) is 26.4 Å². The van der Waals surface area contributed by atoms with Crippen molar-refractivity contribution in [3.63, 3.8) is 0 Å². The largest absolute Gasteiger partial charge is 0.497 e. The Labute approximate surface area is 466 Å². The normalized spacial score (nSPS) is 10.8. The van der Waals surface area contributed by atoms with E-state index in [0.29, 0.717) is 75.3 Å². The number of aromatic nitrogens is 2. The molecule has 0 spiro atoms. The topological polar surface area (TPSA) is 140 Å². The molecule has 0 amide bonds. The van der Waals surface area contributed by atoms with Gasteiger partial charge in [-0.15, -0.1) is 0 Å². The zero-order chi connectivity index (χ0) is 55.0. The van der Waals surface area contributed by atoms with Gasteiger partial charge in [0.15, 0.2) is 0 Å². The minimum Gasteiger partial charge on any atom is -0.497 e. The molecule has 13 nitrogen and oxygen atoms in total. The smallest absolute Gasteiger partial charge is 0.205 e. The van der Waals surface area contributed by atoms with Crippen LogP contribution in [0.15, 0.2) is 134 Å². The Morgan fingerprint density at radius 1 is 0.513 bits per heavy atom. The number of nitrogens with zero attached hydrogens (tertiary/aromatic N) is 4. The molecule has 0 aliphatic rings. The van der Waals surface area contributed by atoms with Crippen LogP contribution in [0.25, 0.3) is 16.0 Å². The first-order valence-corrected chi connectivity index (χ1v) is 25.9. The Hall–Kier alpha value is -8.46. The van der Waals surface area contributed by atoms with Crippen LogP contribution in [0.5, 0.6) is 46.0 Å². The first-order valence-electron chi connectivity index (χ1n) is 25.1. The van der Waals surface area contributed by atoms with Gasteiger partial charge in [0, 0.05) is 78.8 Å². The molecule has 6 aromatic carbocycles. The SMILES string of the molecule is [C-]#[N+]c1cncc(COc2cc(OCc3cccc(-c4cccc(COc5cc(OCc6cncc(C#N)c6)c(CNCc6ccc(OC)cc6OC)cc5Cl)c4C)c3C)c(Cl)cc2CCCc2ccc(OC)cc2OC)c1. The molecule has 0 aliphatic carbocycles. The van der Waals surface area contributed by atoms with Crippen LogP contribution in [0.2, 0.25) is 10.0 Å². The van der Waals surface area contributed by atoms with E-state index in [2.05, 4.69) is 58.2 Å². The van der Waals surface area contributed by atoms with Crippen LogP contribution in [0.1, 0.15) is 67.6 Å². The summed E-state index contributed by atoms with van der Waals surface area (Å²) in [4.78, 5) is 12.0. The van der Waals surface area contributed by atoms with Crippen LogP contribution in [-0.4, -0.2) is 38.4 Å². The summed E-state index contributed by atoms with van der Waals surface area (Å²) in [6.45, 7) is 13.4. The van der Waals surface area contributed by atoms with Crippen LogP contribution in [-0.2, 0) is 52.4 Å². The highest BCUT2D eigenvalue weighted by Gasteiger charge is 2.18. The Kier molecular flexibility index (Phi) is 19.3. The lowest BCUT2D eigenvalue weighted by atomic mass is 9.92. The first kappa shape index (κ1) is 55.8. The average Bonchev–Trinajstić information content (AvgIpc) is 3.49. The molecule has 0 saturated heterocycles. The number of benzene rings is 6. The van der Waals surface area contributed by atoms with E-state index in [1.807, 2.05) is 78.9 Å². The summed E-state index contributed by atoms with van der Waals surface area (Å²) >= 11 is 14.0. The van der Waals surface area contributed by atoms with Crippen LogP contribution >= 0.6 is 23.2 Å². The van der Waals surface area contributed by atoms with E-state index in [1.165, 1.54) is 12.4 Å². The van der Waals surface area contributed by atoms with Crippen molar-refractivity contribution < 1.29 is 37.9 Å². The minimum absolute atomic E-state index is 0.171. The number of rotatable bonds is 25. The molecule has 8 rings (SSSR count). The predicted octanol–water partition coefficient (Wildman–Crippen LogP) is 14.3. The third-order valence-corrected chi connectivity index (χ3v) is 13.9. The van der Waals surface area contributed by atoms with Crippen molar-refractivity contribution in [2.45, 2.75) is 72.6 Å². The van der Waals surface area contributed by atoms with Crippen LogP contribution in [0, 0.1) is 31.8 Å². The van der Waals surface area contributed by atoms with Gasteiger partial charge in [-0.25, -0.2) is 4.85 Å². The Bertz CT molecular complexity index is 3260. The number of hydrogen-bond donors (Lipinski definition) is 1. The van der Waals surface area contributed by atoms with E-state index in [4.69, 9.17) is 67.7 Å². The highest BCUT2D eigenvalue weighted by molar-refractivity contribution is 6.32. The molecule has 0 unspecified atom stereocenters. The Balaban J connectivity index is 0.981. The second-order valence-corrected chi connectivity index (χ2v) is 19.1. The Morgan fingerprint density at radius 2 is 1.03 bits per heavy atom. The molecule has 0 bridgehead atoms. The maximum absolute atomic E-state index is 9.48. The zero-order valence-electron chi connectivity index (χ0n) is 44.4. The molecule has 0 fully saturated rings. The molecule has 1 N–H and O–H groups in total. The van der Waals surface area contributed by atoms with Gasteiger partial charge in [0.25, 0.3) is 0 Å². The number of nitriles is 1. The van der Waals surface area contributed by atoms with E-state index in [1.54, 1.807) is 53.0 Å². The summed E-state index contributed by atoms with van der Waals surface area (Å²) in [5.74, 6) is 5.04. The molecule has 0 aliphatic heterocycles. The maximum Gasteiger partial charge on any atom is 0.205 e. The number of ether oxygens (including phenoxy) is 8. The summed E-state index contributed by atoms with van der Waals surface area (Å²) in [7, 11) is 6.54. The summed E-state index contributed by atoms with van der Waals surface area (Å²) in [6.07, 6.45) is 8.64. The molecule has 0 radical (unpaired) electrons. The van der Waals surface area contributed by atoms with E-state index < -0.39 is 0 Å². The molecule has 398 valence electrons. The quantitative estimate of drug-likeness (QED) is 0.0545. The number of pyridine rings is 2. The first-order chi connectivity index (χ1) is 38.0. The van der Waals surface area contributed by atoms with Crippen LogP contribution < -0.4 is 43.2 Å². The van der Waals surface area contributed by atoms with Crippen molar-refractivity contribution in [1.29, 1.82) is 5.26 Å². The second-order valence-electron chi connectivity index (χ2n) is 18.3. The number of methoxy groups -OCH3 is 4. The van der Waals surface area contributed by atoms with Gasteiger partial charge in [0.2, 0.25) is 5.69 Å². The predicted molar refractivity (Wildman–Crippen MR) is 303 cm³/mol. The van der Waals surface area contributed by atoms with Crippen molar-refractivity contribution in [1.82, 2.24) is 15.3 Å². The fourth-order valence-corrected chi connectivity index (χ4v) is 9.45.